The monoisotopic (exact) mass is 298 g/mol. The van der Waals surface area contributed by atoms with E-state index in [1.165, 1.54) is 4.90 Å². The second kappa shape index (κ2) is 5.82. The molecule has 0 aliphatic heterocycles. The van der Waals surface area contributed by atoms with Crippen molar-refractivity contribution in [2.24, 2.45) is 0 Å². The molecule has 5 heteroatoms. The molecule has 1 amide bonds. The van der Waals surface area contributed by atoms with Gasteiger partial charge in [0.15, 0.2) is 6.29 Å². The van der Waals surface area contributed by atoms with Gasteiger partial charge in [0, 0.05) is 36.9 Å². The molecule has 0 N–H and O–H groups in total. The van der Waals surface area contributed by atoms with Gasteiger partial charge in [0.05, 0.1) is 6.54 Å². The first-order valence-corrected chi connectivity index (χ1v) is 5.91. The van der Waals surface area contributed by atoms with E-state index in [0.29, 0.717) is 5.56 Å². The van der Waals surface area contributed by atoms with E-state index < -0.39 is 0 Å². The number of hydrogen-bond acceptors (Lipinski definition) is 3. The third-order valence-corrected chi connectivity index (χ3v) is 2.89. The predicted octanol–water partition coefficient (Wildman–Crippen LogP) is 1.79. The fourth-order valence-electron chi connectivity index (χ4n) is 1.40. The van der Waals surface area contributed by atoms with Crippen molar-refractivity contribution in [1.29, 1.82) is 0 Å². The van der Waals surface area contributed by atoms with Crippen molar-refractivity contribution < 1.29 is 9.59 Å². The number of likely N-dealkylation sites (N-methyl/N-ethyl adjacent to an activating group) is 2. The lowest BCUT2D eigenvalue weighted by molar-refractivity contribution is -0.127. The topological polar surface area (TPSA) is 40.6 Å². The Kier molecular flexibility index (Phi) is 4.69. The summed E-state index contributed by atoms with van der Waals surface area (Å²) >= 11 is 3.31. The first-order chi connectivity index (χ1) is 7.95. The van der Waals surface area contributed by atoms with Gasteiger partial charge in [-0.25, -0.2) is 0 Å². The molecule has 92 valence electrons. The lowest BCUT2D eigenvalue weighted by Crippen LogP contribution is -2.34. The van der Waals surface area contributed by atoms with Gasteiger partial charge in [-0.2, -0.15) is 0 Å². The van der Waals surface area contributed by atoms with E-state index in [1.807, 2.05) is 12.1 Å². The van der Waals surface area contributed by atoms with Crippen LogP contribution >= 0.6 is 15.9 Å². The third kappa shape index (κ3) is 3.56. The lowest BCUT2D eigenvalue weighted by atomic mass is 10.2. The van der Waals surface area contributed by atoms with Gasteiger partial charge in [-0.05, 0) is 18.2 Å². The number of hydrogen-bond donors (Lipinski definition) is 0. The van der Waals surface area contributed by atoms with E-state index in [0.717, 1.165) is 16.4 Å². The van der Waals surface area contributed by atoms with Crippen LogP contribution in [0.25, 0.3) is 0 Å². The Morgan fingerprint density at radius 3 is 2.53 bits per heavy atom. The predicted molar refractivity (Wildman–Crippen MR) is 71.5 cm³/mol. The highest BCUT2D eigenvalue weighted by Gasteiger charge is 2.12. The minimum absolute atomic E-state index is 0.00716. The van der Waals surface area contributed by atoms with Crippen molar-refractivity contribution in [2.75, 3.05) is 32.6 Å². The van der Waals surface area contributed by atoms with Crippen LogP contribution in [0.5, 0.6) is 0 Å². The Bertz CT molecular complexity index is 433. The second-order valence-electron chi connectivity index (χ2n) is 3.97. The highest BCUT2D eigenvalue weighted by molar-refractivity contribution is 9.10. The molecule has 0 unspecified atom stereocenters. The van der Waals surface area contributed by atoms with Gasteiger partial charge in [0.2, 0.25) is 5.91 Å². The summed E-state index contributed by atoms with van der Waals surface area (Å²) in [5.41, 5.74) is 1.31. The van der Waals surface area contributed by atoms with E-state index in [9.17, 15) is 9.59 Å². The molecular weight excluding hydrogens is 284 g/mol. The van der Waals surface area contributed by atoms with Crippen LogP contribution in [0.1, 0.15) is 10.4 Å². The normalized spacial score (nSPS) is 9.88. The Morgan fingerprint density at radius 1 is 1.35 bits per heavy atom. The average molecular weight is 299 g/mol. The first-order valence-electron chi connectivity index (χ1n) is 5.11. The van der Waals surface area contributed by atoms with Crippen molar-refractivity contribution in [3.8, 4) is 0 Å². The third-order valence-electron chi connectivity index (χ3n) is 2.40. The van der Waals surface area contributed by atoms with Gasteiger partial charge in [0.25, 0.3) is 0 Å². The Balaban J connectivity index is 2.92. The van der Waals surface area contributed by atoms with Crippen LogP contribution in [0.3, 0.4) is 0 Å². The number of anilines is 1. The van der Waals surface area contributed by atoms with Gasteiger partial charge in [-0.1, -0.05) is 15.9 Å². The zero-order chi connectivity index (χ0) is 13.0. The zero-order valence-corrected chi connectivity index (χ0v) is 11.7. The molecule has 17 heavy (non-hydrogen) atoms. The summed E-state index contributed by atoms with van der Waals surface area (Å²) in [6.07, 6.45) is 0.788. The SMILES string of the molecule is CN(C)C(=O)CN(C)c1ccc(Br)cc1C=O. The molecule has 0 radical (unpaired) electrons. The zero-order valence-electron chi connectivity index (χ0n) is 10.1. The van der Waals surface area contributed by atoms with Gasteiger partial charge in [-0.15, -0.1) is 0 Å². The van der Waals surface area contributed by atoms with Crippen molar-refractivity contribution in [1.82, 2.24) is 4.90 Å². The smallest absolute Gasteiger partial charge is 0.241 e. The highest BCUT2D eigenvalue weighted by Crippen LogP contribution is 2.22. The fourth-order valence-corrected chi connectivity index (χ4v) is 1.78. The maximum atomic E-state index is 11.6. The summed E-state index contributed by atoms with van der Waals surface area (Å²) in [4.78, 5) is 25.8. The van der Waals surface area contributed by atoms with E-state index in [4.69, 9.17) is 0 Å². The summed E-state index contributed by atoms with van der Waals surface area (Å²) in [5, 5.41) is 0. The first kappa shape index (κ1) is 13.7. The summed E-state index contributed by atoms with van der Waals surface area (Å²) in [6, 6.07) is 5.40. The number of amides is 1. The molecule has 0 bridgehead atoms. The van der Waals surface area contributed by atoms with Crippen LogP contribution in [0.2, 0.25) is 0 Å². The molecule has 0 heterocycles. The standard InChI is InChI=1S/C12H15BrN2O2/c1-14(2)12(17)7-15(3)11-5-4-10(13)6-9(11)8-16/h4-6,8H,7H2,1-3H3. The number of benzene rings is 1. The van der Waals surface area contributed by atoms with Crippen LogP contribution in [0.4, 0.5) is 5.69 Å². The van der Waals surface area contributed by atoms with Crippen molar-refractivity contribution in [3.63, 3.8) is 0 Å². The summed E-state index contributed by atoms with van der Waals surface area (Å²) in [7, 11) is 5.20. The van der Waals surface area contributed by atoms with E-state index in [1.54, 1.807) is 32.1 Å². The molecule has 0 spiro atoms. The molecule has 0 saturated heterocycles. The molecule has 0 saturated carbocycles. The lowest BCUT2D eigenvalue weighted by Gasteiger charge is -2.22. The molecular formula is C12H15BrN2O2. The maximum Gasteiger partial charge on any atom is 0.241 e. The van der Waals surface area contributed by atoms with Gasteiger partial charge in [0.1, 0.15) is 0 Å². The molecule has 0 aromatic heterocycles. The van der Waals surface area contributed by atoms with E-state index in [2.05, 4.69) is 15.9 Å². The molecule has 4 nitrogen and oxygen atoms in total. The Hall–Kier alpha value is -1.36. The summed E-state index contributed by atoms with van der Waals surface area (Å²) in [5.74, 6) is -0.00716. The molecule has 0 aliphatic rings. The van der Waals surface area contributed by atoms with Crippen molar-refractivity contribution in [2.45, 2.75) is 0 Å². The molecule has 0 atom stereocenters. The van der Waals surface area contributed by atoms with Gasteiger partial charge >= 0.3 is 0 Å². The number of aldehydes is 1. The highest BCUT2D eigenvalue weighted by atomic mass is 79.9. The van der Waals surface area contributed by atoms with Crippen LogP contribution < -0.4 is 4.90 Å². The van der Waals surface area contributed by atoms with Crippen molar-refractivity contribution >= 4 is 33.8 Å². The molecule has 0 aliphatic carbocycles. The minimum atomic E-state index is -0.00716. The quantitative estimate of drug-likeness (QED) is 0.796. The van der Waals surface area contributed by atoms with Crippen molar-refractivity contribution in [3.05, 3.63) is 28.2 Å². The molecule has 1 aromatic rings. The average Bonchev–Trinajstić information content (AvgIpc) is 2.28. The summed E-state index contributed by atoms with van der Waals surface area (Å²) < 4.78 is 0.843. The Morgan fingerprint density at radius 2 is 2.00 bits per heavy atom. The molecule has 0 fully saturated rings. The number of rotatable bonds is 4. The van der Waals surface area contributed by atoms with Gasteiger partial charge < -0.3 is 9.80 Å². The van der Waals surface area contributed by atoms with Crippen LogP contribution in [0, 0.1) is 0 Å². The van der Waals surface area contributed by atoms with E-state index in [-0.39, 0.29) is 12.5 Å². The van der Waals surface area contributed by atoms with Crippen LogP contribution in [-0.2, 0) is 4.79 Å². The molecule has 1 rings (SSSR count). The van der Waals surface area contributed by atoms with Crippen LogP contribution in [0.15, 0.2) is 22.7 Å². The largest absolute Gasteiger partial charge is 0.365 e. The number of nitrogens with zero attached hydrogens (tertiary/aromatic N) is 2. The number of carbonyl (C=O) groups excluding carboxylic acids is 2. The van der Waals surface area contributed by atoms with Crippen LogP contribution in [-0.4, -0.2) is 44.8 Å². The van der Waals surface area contributed by atoms with Gasteiger partial charge in [-0.3, -0.25) is 9.59 Å². The number of carbonyl (C=O) groups is 2. The number of halogens is 1. The Labute approximate surface area is 109 Å². The minimum Gasteiger partial charge on any atom is -0.365 e. The maximum absolute atomic E-state index is 11.6. The molecule has 1 aromatic carbocycles. The second-order valence-corrected chi connectivity index (χ2v) is 4.88. The van der Waals surface area contributed by atoms with E-state index >= 15 is 0 Å². The fraction of sp³-hybridized carbons (Fsp3) is 0.333. The summed E-state index contributed by atoms with van der Waals surface area (Å²) in [6.45, 7) is 0.246.